The Labute approximate surface area is 219 Å². The molecule has 0 radical (unpaired) electrons. The Morgan fingerprint density at radius 1 is 0.675 bits per heavy atom. The summed E-state index contributed by atoms with van der Waals surface area (Å²) in [6, 6.07) is 10.9. The van der Waals surface area contributed by atoms with Crippen molar-refractivity contribution in [1.29, 1.82) is 0 Å². The van der Waals surface area contributed by atoms with Crippen LogP contribution in [0.25, 0.3) is 0 Å². The third-order valence-electron chi connectivity index (χ3n) is 6.32. The lowest BCUT2D eigenvalue weighted by Crippen LogP contribution is -2.70. The van der Waals surface area contributed by atoms with Crippen LogP contribution in [0.2, 0.25) is 0 Å². The zero-order chi connectivity index (χ0) is 31.0. The molecule has 2 unspecified atom stereocenters. The van der Waals surface area contributed by atoms with Crippen LogP contribution in [0.5, 0.6) is 5.75 Å². The second-order valence-electron chi connectivity index (χ2n) is 9.08. The Balaban J connectivity index is 2.74. The van der Waals surface area contributed by atoms with Crippen LogP contribution in [-0.4, -0.2) is 47.5 Å². The normalized spacial score (nSPS) is 16.4. The van der Waals surface area contributed by atoms with Gasteiger partial charge in [-0.1, -0.05) is 62.4 Å². The van der Waals surface area contributed by atoms with E-state index in [9.17, 15) is 53.4 Å². The fraction of sp³-hybridized carbons (Fsp3) is 0.520. The van der Waals surface area contributed by atoms with Gasteiger partial charge in [-0.25, -0.2) is 0 Å². The highest BCUT2D eigenvalue weighted by molar-refractivity contribution is 5.41. The van der Waals surface area contributed by atoms with Crippen molar-refractivity contribution < 1.29 is 66.9 Å². The number of hydrogen-bond donors (Lipinski definition) is 1. The predicted octanol–water partition coefficient (Wildman–Crippen LogP) is 8.60. The van der Waals surface area contributed by atoms with Crippen molar-refractivity contribution in [3.8, 4) is 5.75 Å². The fourth-order valence-electron chi connectivity index (χ4n) is 3.91. The monoisotopic (exact) mass is 602 g/mol. The molecular formula is C25H23F13O2. The van der Waals surface area contributed by atoms with Crippen LogP contribution in [0.4, 0.5) is 57.1 Å². The van der Waals surface area contributed by atoms with Gasteiger partial charge < -0.3 is 9.84 Å². The predicted molar refractivity (Wildman–Crippen MR) is 116 cm³/mol. The Bertz CT molecular complexity index is 1130. The average molecular weight is 602 g/mol. The summed E-state index contributed by atoms with van der Waals surface area (Å²) < 4.78 is 184. The van der Waals surface area contributed by atoms with Crippen molar-refractivity contribution in [2.45, 2.75) is 74.0 Å². The van der Waals surface area contributed by atoms with Gasteiger partial charge in [-0.3, -0.25) is 0 Å². The van der Waals surface area contributed by atoms with Crippen molar-refractivity contribution in [1.82, 2.24) is 0 Å². The first-order valence-corrected chi connectivity index (χ1v) is 11.5. The number of ether oxygens (including phenoxy) is 1. The summed E-state index contributed by atoms with van der Waals surface area (Å²) in [5.74, 6) is -40.0. The molecule has 0 bridgehead atoms. The summed E-state index contributed by atoms with van der Waals surface area (Å²) >= 11 is 0. The second-order valence-corrected chi connectivity index (χ2v) is 9.08. The summed E-state index contributed by atoms with van der Waals surface area (Å²) in [5, 5.41) is 11.5. The maximum absolute atomic E-state index is 15.1. The number of para-hydroxylation sites is 1. The molecule has 0 aliphatic heterocycles. The molecule has 2 nitrogen and oxygen atoms in total. The molecule has 2 aromatic carbocycles. The number of halogens is 13. The van der Waals surface area contributed by atoms with Gasteiger partial charge in [-0.2, -0.15) is 57.1 Å². The molecule has 0 fully saturated rings. The Kier molecular flexibility index (Phi) is 9.16. The highest BCUT2D eigenvalue weighted by atomic mass is 19.4. The van der Waals surface area contributed by atoms with Gasteiger partial charge in [0.15, 0.2) is 0 Å². The van der Waals surface area contributed by atoms with Crippen LogP contribution in [-0.2, 0) is 5.60 Å². The lowest BCUT2D eigenvalue weighted by atomic mass is 9.73. The van der Waals surface area contributed by atoms with Crippen LogP contribution < -0.4 is 4.74 Å². The van der Waals surface area contributed by atoms with E-state index < -0.39 is 65.0 Å². The smallest absolute Gasteiger partial charge is 0.460 e. The first kappa shape index (κ1) is 33.5. The first-order chi connectivity index (χ1) is 18.0. The van der Waals surface area contributed by atoms with Gasteiger partial charge in [0.2, 0.25) is 0 Å². The molecule has 2 rings (SSSR count). The standard InChI is InChI=1S/C25H23F13O2/c1-3-13-40-18-12-8-7-11-17(18)19(39,15(2)16-9-5-4-6-10-16)14-20(26,27)21(28,29)22(30,31)23(32,33)24(34,35)25(36,37)38/h4-12,15,39H,3,13-14H2,1-2H3. The summed E-state index contributed by atoms with van der Waals surface area (Å²) in [7, 11) is 0. The molecule has 0 amide bonds. The molecule has 0 aromatic heterocycles. The van der Waals surface area contributed by atoms with Crippen molar-refractivity contribution in [3.63, 3.8) is 0 Å². The van der Waals surface area contributed by atoms with E-state index in [1.807, 2.05) is 0 Å². The van der Waals surface area contributed by atoms with E-state index in [-0.39, 0.29) is 12.2 Å². The topological polar surface area (TPSA) is 29.5 Å². The van der Waals surface area contributed by atoms with E-state index in [1.165, 1.54) is 36.4 Å². The third kappa shape index (κ3) is 5.45. The van der Waals surface area contributed by atoms with E-state index in [0.717, 1.165) is 25.1 Å². The quantitative estimate of drug-likeness (QED) is 0.247. The largest absolute Gasteiger partial charge is 0.493 e. The minimum absolute atomic E-state index is 0.0462. The van der Waals surface area contributed by atoms with Crippen LogP contribution >= 0.6 is 0 Å². The van der Waals surface area contributed by atoms with Gasteiger partial charge in [0.1, 0.15) is 11.4 Å². The highest BCUT2D eigenvalue weighted by Gasteiger charge is 2.90. The molecule has 0 spiro atoms. The van der Waals surface area contributed by atoms with E-state index in [1.54, 1.807) is 6.92 Å². The van der Waals surface area contributed by atoms with E-state index in [2.05, 4.69) is 0 Å². The minimum atomic E-state index is -8.03. The summed E-state index contributed by atoms with van der Waals surface area (Å²) in [6.45, 7) is 2.48. The molecule has 2 atom stereocenters. The number of aliphatic hydroxyl groups is 1. The molecule has 0 saturated carbocycles. The van der Waals surface area contributed by atoms with Crippen molar-refractivity contribution in [3.05, 3.63) is 65.7 Å². The number of rotatable bonds is 12. The van der Waals surface area contributed by atoms with Gasteiger partial charge in [0, 0.05) is 11.5 Å². The van der Waals surface area contributed by atoms with Crippen LogP contribution in [0, 0.1) is 0 Å². The number of benzene rings is 2. The average Bonchev–Trinajstić information content (AvgIpc) is 2.86. The Morgan fingerprint density at radius 2 is 1.15 bits per heavy atom. The molecule has 15 heteroatoms. The molecule has 1 N–H and O–H groups in total. The molecule has 226 valence electrons. The van der Waals surface area contributed by atoms with Crippen molar-refractivity contribution in [2.75, 3.05) is 6.61 Å². The molecule has 0 heterocycles. The maximum atomic E-state index is 15.1. The number of hydrogen-bond acceptors (Lipinski definition) is 2. The third-order valence-corrected chi connectivity index (χ3v) is 6.32. The van der Waals surface area contributed by atoms with Gasteiger partial charge in [-0.15, -0.1) is 0 Å². The van der Waals surface area contributed by atoms with Crippen molar-refractivity contribution >= 4 is 0 Å². The molecule has 2 aromatic rings. The van der Waals surface area contributed by atoms with Gasteiger partial charge in [-0.05, 0) is 18.1 Å². The highest BCUT2D eigenvalue weighted by Crippen LogP contribution is 2.62. The second kappa shape index (κ2) is 10.9. The molecular weight excluding hydrogens is 579 g/mol. The van der Waals surface area contributed by atoms with Gasteiger partial charge >= 0.3 is 35.8 Å². The molecule has 0 aliphatic carbocycles. The van der Waals surface area contributed by atoms with Crippen LogP contribution in [0.1, 0.15) is 43.7 Å². The minimum Gasteiger partial charge on any atom is -0.493 e. The van der Waals surface area contributed by atoms with Crippen LogP contribution in [0.3, 0.4) is 0 Å². The van der Waals surface area contributed by atoms with E-state index >= 15 is 8.78 Å². The first-order valence-electron chi connectivity index (χ1n) is 11.5. The molecule has 0 saturated heterocycles. The summed E-state index contributed by atoms with van der Waals surface area (Å²) in [6.07, 6.45) is -10.0. The zero-order valence-corrected chi connectivity index (χ0v) is 20.7. The Hall–Kier alpha value is -2.71. The van der Waals surface area contributed by atoms with E-state index in [0.29, 0.717) is 6.42 Å². The lowest BCUT2D eigenvalue weighted by Gasteiger charge is -2.43. The summed E-state index contributed by atoms with van der Waals surface area (Å²) in [4.78, 5) is 0. The van der Waals surface area contributed by atoms with Gasteiger partial charge in [0.05, 0.1) is 13.0 Å². The number of alkyl halides is 13. The Morgan fingerprint density at radius 3 is 1.65 bits per heavy atom. The SMILES string of the molecule is CCCOc1ccccc1C(O)(CC(F)(F)C(F)(F)C(F)(F)C(F)(F)C(F)(F)C(F)(F)F)C(C)c1ccccc1. The van der Waals surface area contributed by atoms with Crippen molar-refractivity contribution in [2.24, 2.45) is 0 Å². The molecule has 0 aliphatic rings. The van der Waals surface area contributed by atoms with E-state index in [4.69, 9.17) is 4.74 Å². The summed E-state index contributed by atoms with van der Waals surface area (Å²) in [5.41, 5.74) is -4.09. The maximum Gasteiger partial charge on any atom is 0.460 e. The van der Waals surface area contributed by atoms with Crippen LogP contribution in [0.15, 0.2) is 54.6 Å². The fourth-order valence-corrected chi connectivity index (χ4v) is 3.91. The van der Waals surface area contributed by atoms with Gasteiger partial charge in [0.25, 0.3) is 0 Å². The molecule has 40 heavy (non-hydrogen) atoms. The zero-order valence-electron chi connectivity index (χ0n) is 20.7. The lowest BCUT2D eigenvalue weighted by molar-refractivity contribution is -0.441.